The molecule has 0 saturated carbocycles. The van der Waals surface area contributed by atoms with E-state index in [9.17, 15) is 18.0 Å². The number of likely N-dealkylation sites (N-methyl/N-ethyl adjacent to an activating group) is 1. The Morgan fingerprint density at radius 3 is 2.00 bits per heavy atom. The van der Waals surface area contributed by atoms with Crippen LogP contribution in [0.5, 0.6) is 0 Å². The van der Waals surface area contributed by atoms with E-state index in [0.29, 0.717) is 6.54 Å². The van der Waals surface area contributed by atoms with Crippen molar-refractivity contribution in [2.75, 3.05) is 17.4 Å². The van der Waals surface area contributed by atoms with Crippen molar-refractivity contribution >= 4 is 50.7 Å². The van der Waals surface area contributed by atoms with Crippen molar-refractivity contribution in [1.29, 1.82) is 0 Å². The molecule has 10 heteroatoms. The molecule has 0 aliphatic carbocycles. The molecule has 0 unspecified atom stereocenters. The molecular weight excluding hydrogens is 617 g/mol. The highest BCUT2D eigenvalue weighted by Crippen LogP contribution is 2.31. The average Bonchev–Trinajstić information content (AvgIpc) is 3.00. The van der Waals surface area contributed by atoms with Crippen molar-refractivity contribution in [1.82, 2.24) is 10.2 Å². The van der Waals surface area contributed by atoms with Crippen LogP contribution in [0.2, 0.25) is 10.0 Å². The lowest BCUT2D eigenvalue weighted by Crippen LogP contribution is -2.53. The van der Waals surface area contributed by atoms with Crippen molar-refractivity contribution in [3.63, 3.8) is 0 Å². The normalized spacial score (nSPS) is 11.9. The number of aryl methyl sites for hydroxylation is 2. The van der Waals surface area contributed by atoms with Gasteiger partial charge in [-0.3, -0.25) is 13.9 Å². The summed E-state index contributed by atoms with van der Waals surface area (Å²) in [5.74, 6) is -0.890. The molecule has 0 spiro atoms. The van der Waals surface area contributed by atoms with E-state index in [4.69, 9.17) is 23.2 Å². The lowest BCUT2D eigenvalue weighted by atomic mass is 10.0. The quantitative estimate of drug-likeness (QED) is 0.187. The molecule has 0 bridgehead atoms. The van der Waals surface area contributed by atoms with Crippen LogP contribution < -0.4 is 9.62 Å². The Morgan fingerprint density at radius 2 is 1.41 bits per heavy atom. The highest BCUT2D eigenvalue weighted by Gasteiger charge is 2.34. The van der Waals surface area contributed by atoms with Gasteiger partial charge in [-0.25, -0.2) is 8.42 Å². The molecule has 0 aliphatic heterocycles. The lowest BCUT2D eigenvalue weighted by Gasteiger charge is -2.34. The third-order valence-electron chi connectivity index (χ3n) is 7.17. The summed E-state index contributed by atoms with van der Waals surface area (Å²) in [5.41, 5.74) is 3.76. The predicted octanol–water partition coefficient (Wildman–Crippen LogP) is 6.58. The topological polar surface area (TPSA) is 86.8 Å². The number of nitrogens with one attached hydrogen (secondary N) is 1. The summed E-state index contributed by atoms with van der Waals surface area (Å²) in [6.07, 6.45) is 0.238. The molecule has 4 aromatic carbocycles. The zero-order valence-electron chi connectivity index (χ0n) is 24.8. The Bertz CT molecular complexity index is 1700. The summed E-state index contributed by atoms with van der Waals surface area (Å²) in [7, 11) is -4.24. The van der Waals surface area contributed by atoms with Gasteiger partial charge in [0.25, 0.3) is 10.0 Å². The van der Waals surface area contributed by atoms with Gasteiger partial charge in [0, 0.05) is 19.5 Å². The van der Waals surface area contributed by atoms with Gasteiger partial charge in [0.05, 0.1) is 20.6 Å². The maximum Gasteiger partial charge on any atom is 0.264 e. The lowest BCUT2D eigenvalue weighted by molar-refractivity contribution is -0.140. The number of amides is 2. The first-order valence-electron chi connectivity index (χ1n) is 14.2. The van der Waals surface area contributed by atoms with E-state index in [1.54, 1.807) is 12.1 Å². The number of carbonyl (C=O) groups is 2. The Morgan fingerprint density at radius 1 is 0.795 bits per heavy atom. The van der Waals surface area contributed by atoms with Gasteiger partial charge < -0.3 is 10.2 Å². The van der Waals surface area contributed by atoms with Gasteiger partial charge in [0.1, 0.15) is 12.6 Å². The van der Waals surface area contributed by atoms with E-state index >= 15 is 0 Å². The third kappa shape index (κ3) is 8.20. The van der Waals surface area contributed by atoms with Crippen molar-refractivity contribution in [3.8, 4) is 0 Å². The molecule has 4 aromatic rings. The van der Waals surface area contributed by atoms with E-state index < -0.39 is 28.5 Å². The molecule has 0 saturated heterocycles. The van der Waals surface area contributed by atoms with Crippen LogP contribution >= 0.6 is 23.2 Å². The number of hydrogen-bond donors (Lipinski definition) is 1. The summed E-state index contributed by atoms with van der Waals surface area (Å²) in [6.45, 7) is 5.51. The molecule has 1 N–H and O–H groups in total. The fourth-order valence-electron chi connectivity index (χ4n) is 4.74. The van der Waals surface area contributed by atoms with E-state index in [1.807, 2.05) is 75.4 Å². The molecule has 0 radical (unpaired) electrons. The molecule has 0 fully saturated rings. The van der Waals surface area contributed by atoms with Crippen molar-refractivity contribution < 1.29 is 18.0 Å². The second-order valence-corrected chi connectivity index (χ2v) is 13.2. The van der Waals surface area contributed by atoms with Crippen LogP contribution in [0.1, 0.15) is 29.2 Å². The van der Waals surface area contributed by atoms with Crippen LogP contribution in [0, 0.1) is 13.8 Å². The minimum atomic E-state index is -4.24. The molecule has 1 atom stereocenters. The highest BCUT2D eigenvalue weighted by molar-refractivity contribution is 7.92. The Hall–Kier alpha value is -3.85. The second kappa shape index (κ2) is 14.8. The fraction of sp³-hybridized carbons (Fsp3) is 0.235. The maximum absolute atomic E-state index is 14.4. The molecule has 44 heavy (non-hydrogen) atoms. The molecule has 0 aromatic heterocycles. The van der Waals surface area contributed by atoms with Crippen LogP contribution in [-0.4, -0.2) is 44.3 Å². The molecule has 7 nitrogen and oxygen atoms in total. The van der Waals surface area contributed by atoms with Gasteiger partial charge in [-0.15, -0.1) is 0 Å². The van der Waals surface area contributed by atoms with Crippen molar-refractivity contribution in [3.05, 3.63) is 129 Å². The van der Waals surface area contributed by atoms with Gasteiger partial charge in [-0.1, -0.05) is 101 Å². The number of hydrogen-bond acceptors (Lipinski definition) is 4. The Kier molecular flexibility index (Phi) is 11.1. The number of sulfonamides is 1. The van der Waals surface area contributed by atoms with Crippen LogP contribution in [-0.2, 0) is 32.6 Å². The van der Waals surface area contributed by atoms with Crippen molar-refractivity contribution in [2.45, 2.75) is 44.7 Å². The zero-order chi connectivity index (χ0) is 31.9. The van der Waals surface area contributed by atoms with Crippen LogP contribution in [0.3, 0.4) is 0 Å². The molecule has 0 heterocycles. The van der Waals surface area contributed by atoms with Gasteiger partial charge in [0.15, 0.2) is 0 Å². The molecule has 4 rings (SSSR count). The minimum absolute atomic E-state index is 0.0108. The molecular formula is C34H35Cl2N3O4S. The largest absolute Gasteiger partial charge is 0.355 e. The van der Waals surface area contributed by atoms with E-state index in [1.165, 1.54) is 35.2 Å². The first-order chi connectivity index (χ1) is 21.0. The van der Waals surface area contributed by atoms with E-state index in [-0.39, 0.29) is 39.5 Å². The maximum atomic E-state index is 14.4. The van der Waals surface area contributed by atoms with Gasteiger partial charge in [0.2, 0.25) is 11.8 Å². The average molecular weight is 653 g/mol. The molecule has 230 valence electrons. The summed E-state index contributed by atoms with van der Waals surface area (Å²) in [4.78, 5) is 29.4. The minimum Gasteiger partial charge on any atom is -0.355 e. The number of anilines is 1. The first-order valence-corrected chi connectivity index (χ1v) is 16.4. The fourth-order valence-corrected chi connectivity index (χ4v) is 6.44. The standard InChI is InChI=1S/C34H35Cl2N3O4S/c1-4-37-34(41)32(20-26-8-6-5-7-9-26)38(22-27-14-10-24(2)11-15-27)33(40)23-39(28-16-19-30(35)31(36)21-28)44(42,43)29-17-12-25(3)13-18-29/h5-19,21,32H,4,20,22-23H2,1-3H3,(H,37,41)/t32-/m0/s1. The molecule has 0 aliphatic rings. The van der Waals surface area contributed by atoms with Crippen LogP contribution in [0.4, 0.5) is 5.69 Å². The summed E-state index contributed by atoms with van der Waals surface area (Å²) in [5, 5.41) is 3.24. The van der Waals surface area contributed by atoms with Crippen molar-refractivity contribution in [2.24, 2.45) is 0 Å². The second-order valence-electron chi connectivity index (χ2n) is 10.5. The third-order valence-corrected chi connectivity index (χ3v) is 9.70. The summed E-state index contributed by atoms with van der Waals surface area (Å²) >= 11 is 12.5. The monoisotopic (exact) mass is 651 g/mol. The number of benzene rings is 4. The smallest absolute Gasteiger partial charge is 0.264 e. The van der Waals surface area contributed by atoms with Gasteiger partial charge in [-0.05, 0) is 62.2 Å². The zero-order valence-corrected chi connectivity index (χ0v) is 27.2. The van der Waals surface area contributed by atoms with E-state index in [0.717, 1.165) is 26.6 Å². The summed E-state index contributed by atoms with van der Waals surface area (Å²) in [6, 6.07) is 26.9. The molecule has 2 amide bonds. The predicted molar refractivity (Wildman–Crippen MR) is 177 cm³/mol. The Labute approximate surface area is 269 Å². The number of rotatable bonds is 12. The Balaban J connectivity index is 1.81. The SMILES string of the molecule is CCNC(=O)[C@H](Cc1ccccc1)N(Cc1ccc(C)cc1)C(=O)CN(c1ccc(Cl)c(Cl)c1)S(=O)(=O)c1ccc(C)cc1. The van der Waals surface area contributed by atoms with Gasteiger partial charge in [-0.2, -0.15) is 0 Å². The van der Waals surface area contributed by atoms with E-state index in [2.05, 4.69) is 5.32 Å². The number of carbonyl (C=O) groups excluding carboxylic acids is 2. The summed E-state index contributed by atoms with van der Waals surface area (Å²) < 4.78 is 29.2. The first kappa shape index (κ1) is 33.1. The van der Waals surface area contributed by atoms with Gasteiger partial charge >= 0.3 is 0 Å². The number of halogens is 2. The number of nitrogens with zero attached hydrogens (tertiary/aromatic N) is 2. The van der Waals surface area contributed by atoms with Crippen LogP contribution in [0.25, 0.3) is 0 Å². The highest BCUT2D eigenvalue weighted by atomic mass is 35.5. The van der Waals surface area contributed by atoms with Crippen LogP contribution in [0.15, 0.2) is 102 Å².